The Morgan fingerprint density at radius 1 is 1.16 bits per heavy atom. The Kier molecular flexibility index (Phi) is 6.01. The lowest BCUT2D eigenvalue weighted by Gasteiger charge is -2.04. The van der Waals surface area contributed by atoms with Gasteiger partial charge in [-0.1, -0.05) is 19.8 Å². The third-order valence-corrected chi connectivity index (χ3v) is 4.76. The van der Waals surface area contributed by atoms with E-state index in [0.29, 0.717) is 19.4 Å². The fourth-order valence-electron chi connectivity index (χ4n) is 1.75. The fourth-order valence-corrected chi connectivity index (χ4v) is 2.69. The average Bonchev–Trinajstić information content (AvgIpc) is 2.36. The molecule has 1 rings (SSSR count). The first-order chi connectivity index (χ1) is 8.96. The molecule has 7 heteroatoms. The summed E-state index contributed by atoms with van der Waals surface area (Å²) in [6.45, 7) is 2.01. The van der Waals surface area contributed by atoms with Crippen LogP contribution in [0.25, 0.3) is 0 Å². The molecule has 0 aliphatic carbocycles. The molecule has 6 nitrogen and oxygen atoms in total. The van der Waals surface area contributed by atoms with Crippen molar-refractivity contribution in [1.29, 1.82) is 0 Å². The smallest absolute Gasteiger partial charge is 0.314 e. The molecule has 1 N–H and O–H groups in total. The third-order valence-electron chi connectivity index (χ3n) is 2.97. The van der Waals surface area contributed by atoms with Gasteiger partial charge in [0.2, 0.25) is 0 Å². The minimum atomic E-state index is -2.88. The van der Waals surface area contributed by atoms with Crippen molar-refractivity contribution in [3.05, 3.63) is 33.1 Å². The lowest BCUT2D eigenvalue weighted by molar-refractivity contribution is 0.546. The first kappa shape index (κ1) is 15.7. The number of aromatic nitrogens is 2. The Bertz CT molecular complexity index is 572. The summed E-state index contributed by atoms with van der Waals surface area (Å²) in [6, 6.07) is 1.31. The fraction of sp³-hybridized carbons (Fsp3) is 0.667. The number of nitrogens with zero attached hydrogens (tertiary/aromatic N) is 1. The van der Waals surface area contributed by atoms with Crippen LogP contribution in [-0.4, -0.2) is 29.5 Å². The van der Waals surface area contributed by atoms with Crippen LogP contribution in [0.1, 0.15) is 32.6 Å². The van der Waals surface area contributed by atoms with Gasteiger partial charge in [0.05, 0.1) is 5.75 Å². The molecule has 0 aromatic carbocycles. The van der Waals surface area contributed by atoms with Crippen molar-refractivity contribution in [2.75, 3.05) is 11.5 Å². The predicted octanol–water partition coefficient (Wildman–Crippen LogP) is 0.532. The molecule has 19 heavy (non-hydrogen) atoms. The van der Waals surface area contributed by atoms with Gasteiger partial charge < -0.3 is 4.98 Å². The van der Waals surface area contributed by atoms with Crippen LogP contribution in [0.2, 0.25) is 0 Å². The second-order valence-electron chi connectivity index (χ2n) is 4.42. The molecule has 108 valence electrons. The van der Waals surface area contributed by atoms with E-state index in [1.807, 2.05) is 0 Å². The zero-order valence-electron chi connectivity index (χ0n) is 11.1. The van der Waals surface area contributed by atoms with Gasteiger partial charge in [-0.25, -0.2) is 13.2 Å². The van der Waals surface area contributed by atoms with E-state index in [9.17, 15) is 18.0 Å². The standard InChI is InChI=1S/C12H20N2O4S/c1-2-19(17,18)10-6-4-3-5-9-14-11(15)7-8-13-12(14)16/h7-8H,2-6,9-10H2,1H3,(H,13,16). The number of sulfone groups is 1. The minimum absolute atomic E-state index is 0.182. The topological polar surface area (TPSA) is 89.0 Å². The van der Waals surface area contributed by atoms with E-state index in [4.69, 9.17) is 0 Å². The molecular formula is C12H20N2O4S. The van der Waals surface area contributed by atoms with Gasteiger partial charge in [-0.2, -0.15) is 0 Å². The highest BCUT2D eigenvalue weighted by Gasteiger charge is 2.06. The van der Waals surface area contributed by atoms with Crippen molar-refractivity contribution in [3.8, 4) is 0 Å². The number of hydrogen-bond acceptors (Lipinski definition) is 4. The quantitative estimate of drug-likeness (QED) is 0.707. The maximum atomic E-state index is 11.4. The highest BCUT2D eigenvalue weighted by Crippen LogP contribution is 2.03. The number of unbranched alkanes of at least 4 members (excludes halogenated alkanes) is 3. The van der Waals surface area contributed by atoms with Crippen molar-refractivity contribution in [2.24, 2.45) is 0 Å². The van der Waals surface area contributed by atoms with E-state index in [2.05, 4.69) is 4.98 Å². The summed E-state index contributed by atoms with van der Waals surface area (Å²) in [7, 11) is -2.88. The van der Waals surface area contributed by atoms with Gasteiger partial charge in [-0.05, 0) is 12.8 Å². The second kappa shape index (κ2) is 7.28. The predicted molar refractivity (Wildman–Crippen MR) is 74.1 cm³/mol. The minimum Gasteiger partial charge on any atom is -0.314 e. The molecule has 0 amide bonds. The SMILES string of the molecule is CCS(=O)(=O)CCCCCCn1c(=O)cc[nH]c1=O. The van der Waals surface area contributed by atoms with E-state index >= 15 is 0 Å². The maximum absolute atomic E-state index is 11.4. The van der Waals surface area contributed by atoms with Crippen molar-refractivity contribution < 1.29 is 8.42 Å². The molecule has 0 radical (unpaired) electrons. The number of nitrogens with one attached hydrogen (secondary N) is 1. The molecule has 0 saturated heterocycles. The lowest BCUT2D eigenvalue weighted by atomic mass is 10.2. The molecule has 1 aromatic rings. The van der Waals surface area contributed by atoms with Crippen LogP contribution >= 0.6 is 0 Å². The average molecular weight is 288 g/mol. The molecule has 1 heterocycles. The van der Waals surface area contributed by atoms with Crippen LogP contribution in [0, 0.1) is 0 Å². The highest BCUT2D eigenvalue weighted by atomic mass is 32.2. The Balaban J connectivity index is 2.29. The molecular weight excluding hydrogens is 268 g/mol. The molecule has 0 unspecified atom stereocenters. The van der Waals surface area contributed by atoms with E-state index < -0.39 is 15.5 Å². The van der Waals surface area contributed by atoms with Crippen LogP contribution < -0.4 is 11.2 Å². The number of hydrogen-bond donors (Lipinski definition) is 1. The van der Waals surface area contributed by atoms with Crippen molar-refractivity contribution in [1.82, 2.24) is 9.55 Å². The van der Waals surface area contributed by atoms with Crippen LogP contribution in [0.3, 0.4) is 0 Å². The first-order valence-electron chi connectivity index (χ1n) is 6.45. The molecule has 0 aliphatic heterocycles. The zero-order chi connectivity index (χ0) is 14.3. The van der Waals surface area contributed by atoms with E-state index in [1.165, 1.54) is 12.3 Å². The van der Waals surface area contributed by atoms with Gasteiger partial charge >= 0.3 is 5.69 Å². The molecule has 0 bridgehead atoms. The second-order valence-corrected chi connectivity index (χ2v) is 6.90. The number of aromatic amines is 1. The normalized spacial score (nSPS) is 11.6. The summed E-state index contributed by atoms with van der Waals surface area (Å²) in [5.41, 5.74) is -0.710. The number of H-pyrrole nitrogens is 1. The van der Waals surface area contributed by atoms with Crippen LogP contribution in [-0.2, 0) is 16.4 Å². The Morgan fingerprint density at radius 3 is 2.47 bits per heavy atom. The van der Waals surface area contributed by atoms with Crippen LogP contribution in [0.4, 0.5) is 0 Å². The summed E-state index contributed by atoms with van der Waals surface area (Å²) < 4.78 is 23.7. The van der Waals surface area contributed by atoms with Gasteiger partial charge in [0.1, 0.15) is 9.84 Å². The molecule has 0 spiro atoms. The van der Waals surface area contributed by atoms with Gasteiger partial charge in [0.25, 0.3) is 5.56 Å². The molecule has 1 aromatic heterocycles. The van der Waals surface area contributed by atoms with E-state index in [-0.39, 0.29) is 17.1 Å². The van der Waals surface area contributed by atoms with Crippen molar-refractivity contribution in [3.63, 3.8) is 0 Å². The van der Waals surface area contributed by atoms with E-state index in [0.717, 1.165) is 17.4 Å². The van der Waals surface area contributed by atoms with Crippen molar-refractivity contribution >= 4 is 9.84 Å². The summed E-state index contributed by atoms with van der Waals surface area (Å²) >= 11 is 0. The Morgan fingerprint density at radius 2 is 1.84 bits per heavy atom. The molecule has 0 fully saturated rings. The van der Waals surface area contributed by atoms with Gasteiger partial charge in [-0.3, -0.25) is 9.36 Å². The monoisotopic (exact) mass is 288 g/mol. The Hall–Kier alpha value is -1.37. The third kappa shape index (κ3) is 5.42. The summed E-state index contributed by atoms with van der Waals surface area (Å²) in [6.07, 6.45) is 4.25. The summed E-state index contributed by atoms with van der Waals surface area (Å²) in [5.74, 6) is 0.400. The van der Waals surface area contributed by atoms with Gasteiger partial charge in [0.15, 0.2) is 0 Å². The van der Waals surface area contributed by atoms with E-state index in [1.54, 1.807) is 6.92 Å². The lowest BCUT2D eigenvalue weighted by Crippen LogP contribution is -2.33. The maximum Gasteiger partial charge on any atom is 0.328 e. The summed E-state index contributed by atoms with van der Waals surface area (Å²) in [5, 5.41) is 0. The van der Waals surface area contributed by atoms with Gasteiger partial charge in [0, 0.05) is 24.6 Å². The van der Waals surface area contributed by atoms with Gasteiger partial charge in [-0.15, -0.1) is 0 Å². The first-order valence-corrected chi connectivity index (χ1v) is 8.27. The Labute approximate surface area is 112 Å². The molecule has 0 aliphatic rings. The van der Waals surface area contributed by atoms with Crippen molar-refractivity contribution in [2.45, 2.75) is 39.2 Å². The molecule has 0 saturated carbocycles. The zero-order valence-corrected chi connectivity index (χ0v) is 11.9. The summed E-state index contributed by atoms with van der Waals surface area (Å²) in [4.78, 5) is 25.2. The van der Waals surface area contributed by atoms with Crippen LogP contribution in [0.5, 0.6) is 0 Å². The largest absolute Gasteiger partial charge is 0.328 e. The van der Waals surface area contributed by atoms with Crippen LogP contribution in [0.15, 0.2) is 21.9 Å². The highest BCUT2D eigenvalue weighted by molar-refractivity contribution is 7.91. The number of rotatable bonds is 8. The molecule has 0 atom stereocenters.